The predicted octanol–water partition coefficient (Wildman–Crippen LogP) is 4.48. The average Bonchev–Trinajstić information content (AvgIpc) is 3.24. The van der Waals surface area contributed by atoms with E-state index < -0.39 is 6.10 Å². The van der Waals surface area contributed by atoms with Gasteiger partial charge in [0, 0.05) is 5.75 Å². The van der Waals surface area contributed by atoms with Crippen molar-refractivity contribution < 1.29 is 5.11 Å². The SMILES string of the molecule is Cc1ccc(C)c(-n2c(=O)c3ccccc3n3c(SCC(O)c4ccccc4)nnc23)c1. The first kappa shape index (κ1) is 20.5. The molecule has 0 aliphatic heterocycles. The molecule has 0 fully saturated rings. The highest BCUT2D eigenvalue weighted by Gasteiger charge is 2.20. The van der Waals surface area contributed by atoms with Crippen LogP contribution in [-0.2, 0) is 0 Å². The highest BCUT2D eigenvalue weighted by molar-refractivity contribution is 7.99. The molecule has 1 unspecified atom stereocenters. The first-order valence-corrected chi connectivity index (χ1v) is 11.4. The third-order valence-electron chi connectivity index (χ3n) is 5.55. The fraction of sp³-hybridized carbons (Fsp3) is 0.160. The predicted molar refractivity (Wildman–Crippen MR) is 128 cm³/mol. The Kier molecular flexibility index (Phi) is 5.28. The second-order valence-electron chi connectivity index (χ2n) is 7.80. The second kappa shape index (κ2) is 8.26. The van der Waals surface area contributed by atoms with Crippen LogP contribution in [0, 0.1) is 13.8 Å². The Labute approximate surface area is 189 Å². The van der Waals surface area contributed by atoms with Crippen molar-refractivity contribution in [1.82, 2.24) is 19.2 Å². The molecule has 6 nitrogen and oxygen atoms in total. The van der Waals surface area contributed by atoms with E-state index >= 15 is 0 Å². The van der Waals surface area contributed by atoms with Crippen molar-refractivity contribution in [3.05, 3.63) is 99.8 Å². The van der Waals surface area contributed by atoms with E-state index in [2.05, 4.69) is 10.2 Å². The molecule has 0 spiro atoms. The molecule has 0 aliphatic carbocycles. The molecule has 0 aliphatic rings. The number of para-hydroxylation sites is 1. The number of benzene rings is 3. The molecule has 3 aromatic carbocycles. The Morgan fingerprint density at radius 1 is 0.969 bits per heavy atom. The third kappa shape index (κ3) is 3.49. The summed E-state index contributed by atoms with van der Waals surface area (Å²) >= 11 is 1.42. The minimum atomic E-state index is -0.635. The minimum absolute atomic E-state index is 0.130. The van der Waals surface area contributed by atoms with Crippen LogP contribution in [0.3, 0.4) is 0 Å². The number of aliphatic hydroxyl groups excluding tert-OH is 1. The zero-order valence-electron chi connectivity index (χ0n) is 17.8. The summed E-state index contributed by atoms with van der Waals surface area (Å²) < 4.78 is 3.54. The van der Waals surface area contributed by atoms with Crippen LogP contribution in [0.25, 0.3) is 22.4 Å². The molecule has 5 aromatic rings. The first-order valence-electron chi connectivity index (χ1n) is 10.4. The summed E-state index contributed by atoms with van der Waals surface area (Å²) in [6, 6.07) is 23.1. The smallest absolute Gasteiger partial charge is 0.267 e. The number of aryl methyl sites for hydroxylation is 2. The fourth-order valence-corrected chi connectivity index (χ4v) is 4.78. The van der Waals surface area contributed by atoms with Crippen LogP contribution in [0.2, 0.25) is 0 Å². The molecule has 1 N–H and O–H groups in total. The lowest BCUT2D eigenvalue weighted by molar-refractivity contribution is 0.204. The Hall–Kier alpha value is -3.42. The molecule has 2 aromatic heterocycles. The van der Waals surface area contributed by atoms with Gasteiger partial charge in [-0.05, 0) is 48.7 Å². The van der Waals surface area contributed by atoms with Crippen LogP contribution in [0.4, 0.5) is 0 Å². The maximum absolute atomic E-state index is 13.5. The van der Waals surface area contributed by atoms with Crippen LogP contribution < -0.4 is 5.56 Å². The summed E-state index contributed by atoms with van der Waals surface area (Å²) in [7, 11) is 0. The summed E-state index contributed by atoms with van der Waals surface area (Å²) in [5, 5.41) is 20.6. The number of fused-ring (bicyclic) bond motifs is 3. The van der Waals surface area contributed by atoms with Gasteiger partial charge in [0.15, 0.2) is 5.16 Å². The molecule has 5 rings (SSSR count). The van der Waals surface area contributed by atoms with Gasteiger partial charge in [0.05, 0.1) is 22.7 Å². The van der Waals surface area contributed by atoms with Crippen LogP contribution in [0.15, 0.2) is 82.7 Å². The maximum atomic E-state index is 13.5. The van der Waals surface area contributed by atoms with Crippen molar-refractivity contribution in [1.29, 1.82) is 0 Å². The summed E-state index contributed by atoms with van der Waals surface area (Å²) in [6.45, 7) is 3.98. The summed E-state index contributed by atoms with van der Waals surface area (Å²) in [4.78, 5) is 13.5. The lowest BCUT2D eigenvalue weighted by atomic mass is 10.1. The third-order valence-corrected chi connectivity index (χ3v) is 6.56. The van der Waals surface area contributed by atoms with Gasteiger partial charge in [0.1, 0.15) is 0 Å². The van der Waals surface area contributed by atoms with Gasteiger partial charge in [0.25, 0.3) is 5.56 Å². The van der Waals surface area contributed by atoms with Gasteiger partial charge in [0.2, 0.25) is 5.78 Å². The van der Waals surface area contributed by atoms with E-state index in [1.165, 1.54) is 11.8 Å². The Bertz CT molecular complexity index is 1490. The number of aliphatic hydroxyl groups is 1. The monoisotopic (exact) mass is 442 g/mol. The van der Waals surface area contributed by atoms with Crippen molar-refractivity contribution in [2.75, 3.05) is 5.75 Å². The number of hydrogen-bond donors (Lipinski definition) is 1. The van der Waals surface area contributed by atoms with Crippen LogP contribution in [-0.4, -0.2) is 30.0 Å². The topological polar surface area (TPSA) is 72.4 Å². The Balaban J connectivity index is 1.68. The molecule has 160 valence electrons. The molecule has 0 saturated heterocycles. The number of aromatic nitrogens is 4. The summed E-state index contributed by atoms with van der Waals surface area (Å²) in [5.41, 5.74) is 4.30. The molecular weight excluding hydrogens is 420 g/mol. The molecule has 32 heavy (non-hydrogen) atoms. The molecular formula is C25H22N4O2S. The van der Waals surface area contributed by atoms with Crippen LogP contribution >= 0.6 is 11.8 Å². The van der Waals surface area contributed by atoms with Crippen molar-refractivity contribution in [2.24, 2.45) is 0 Å². The van der Waals surface area contributed by atoms with E-state index in [0.29, 0.717) is 22.1 Å². The summed E-state index contributed by atoms with van der Waals surface area (Å²) in [5.74, 6) is 0.876. The lowest BCUT2D eigenvalue weighted by Gasteiger charge is -2.14. The lowest BCUT2D eigenvalue weighted by Crippen LogP contribution is -2.22. The largest absolute Gasteiger partial charge is 0.388 e. The average molecular weight is 443 g/mol. The first-order chi connectivity index (χ1) is 15.5. The normalized spacial score (nSPS) is 12.5. The molecule has 2 heterocycles. The van der Waals surface area contributed by atoms with Crippen molar-refractivity contribution in [3.63, 3.8) is 0 Å². The van der Waals surface area contributed by atoms with E-state index in [9.17, 15) is 9.90 Å². The maximum Gasteiger partial charge on any atom is 0.267 e. The summed E-state index contributed by atoms with van der Waals surface area (Å²) in [6.07, 6.45) is -0.635. The standard InChI is InChI=1S/C25H22N4O2S/c1-16-12-13-17(2)21(14-16)28-23(31)19-10-6-7-11-20(19)29-24(28)26-27-25(29)32-15-22(30)18-8-4-3-5-9-18/h3-14,22,30H,15H2,1-2H3. The van der Waals surface area contributed by atoms with E-state index in [-0.39, 0.29) is 5.56 Å². The number of nitrogens with zero attached hydrogens (tertiary/aromatic N) is 4. The molecule has 0 amide bonds. The zero-order valence-corrected chi connectivity index (χ0v) is 18.6. The van der Waals surface area contributed by atoms with Crippen molar-refractivity contribution >= 4 is 28.4 Å². The number of thioether (sulfide) groups is 1. The van der Waals surface area contributed by atoms with E-state index in [1.807, 2.05) is 91.0 Å². The minimum Gasteiger partial charge on any atom is -0.388 e. The Morgan fingerprint density at radius 3 is 2.53 bits per heavy atom. The van der Waals surface area contributed by atoms with Gasteiger partial charge in [-0.3, -0.25) is 9.20 Å². The van der Waals surface area contributed by atoms with Gasteiger partial charge in [-0.15, -0.1) is 10.2 Å². The highest BCUT2D eigenvalue weighted by Crippen LogP contribution is 2.27. The van der Waals surface area contributed by atoms with E-state index in [0.717, 1.165) is 27.9 Å². The number of hydrogen-bond acceptors (Lipinski definition) is 5. The fourth-order valence-electron chi connectivity index (χ4n) is 3.87. The molecule has 1 atom stereocenters. The zero-order chi connectivity index (χ0) is 22.2. The van der Waals surface area contributed by atoms with Gasteiger partial charge in [-0.25, -0.2) is 4.57 Å². The molecule has 0 saturated carbocycles. The Morgan fingerprint density at radius 2 is 1.72 bits per heavy atom. The van der Waals surface area contributed by atoms with Crippen molar-refractivity contribution in [2.45, 2.75) is 25.1 Å². The van der Waals surface area contributed by atoms with Gasteiger partial charge in [-0.1, -0.05) is 66.4 Å². The van der Waals surface area contributed by atoms with Gasteiger partial charge in [-0.2, -0.15) is 0 Å². The molecule has 7 heteroatoms. The second-order valence-corrected chi connectivity index (χ2v) is 8.79. The molecule has 0 bridgehead atoms. The number of rotatable bonds is 5. The van der Waals surface area contributed by atoms with Gasteiger partial charge < -0.3 is 5.11 Å². The van der Waals surface area contributed by atoms with Gasteiger partial charge >= 0.3 is 0 Å². The van der Waals surface area contributed by atoms with E-state index in [1.54, 1.807) is 4.57 Å². The van der Waals surface area contributed by atoms with Crippen LogP contribution in [0.1, 0.15) is 22.8 Å². The van der Waals surface area contributed by atoms with Crippen molar-refractivity contribution in [3.8, 4) is 5.69 Å². The highest BCUT2D eigenvalue weighted by atomic mass is 32.2. The quantitative estimate of drug-likeness (QED) is 0.407. The van der Waals surface area contributed by atoms with Crippen LogP contribution in [0.5, 0.6) is 0 Å². The molecule has 0 radical (unpaired) electrons. The van der Waals surface area contributed by atoms with E-state index in [4.69, 9.17) is 0 Å².